The van der Waals surface area contributed by atoms with Crippen molar-refractivity contribution in [2.24, 2.45) is 0 Å². The van der Waals surface area contributed by atoms with Crippen molar-refractivity contribution in [2.75, 3.05) is 38.0 Å². The SMILES string of the molecule is O=C1c2ccnc(Nc3ccc(Cl)c(Cl)c3)c2CCCN1CCCN1CCCCC1. The summed E-state index contributed by atoms with van der Waals surface area (Å²) in [6, 6.07) is 7.24. The molecule has 2 aromatic rings. The van der Waals surface area contributed by atoms with Crippen LogP contribution in [0.25, 0.3) is 0 Å². The number of fused-ring (bicyclic) bond motifs is 1. The van der Waals surface area contributed by atoms with Gasteiger partial charge >= 0.3 is 0 Å². The van der Waals surface area contributed by atoms with Crippen LogP contribution in [0.4, 0.5) is 11.5 Å². The van der Waals surface area contributed by atoms with E-state index < -0.39 is 0 Å². The average molecular weight is 447 g/mol. The fraction of sp³-hybridized carbons (Fsp3) is 0.478. The summed E-state index contributed by atoms with van der Waals surface area (Å²) in [4.78, 5) is 22.3. The van der Waals surface area contributed by atoms with E-state index in [0.717, 1.165) is 61.5 Å². The second-order valence-corrected chi connectivity index (χ2v) is 8.91. The van der Waals surface area contributed by atoms with Gasteiger partial charge < -0.3 is 15.1 Å². The Kier molecular flexibility index (Phi) is 7.13. The Morgan fingerprint density at radius 1 is 0.967 bits per heavy atom. The van der Waals surface area contributed by atoms with Crippen LogP contribution in [0, 0.1) is 0 Å². The number of halogens is 2. The van der Waals surface area contributed by atoms with Gasteiger partial charge in [-0.25, -0.2) is 4.98 Å². The Bertz CT molecular complexity index is 899. The molecule has 1 fully saturated rings. The third-order valence-electron chi connectivity index (χ3n) is 5.96. The number of hydrogen-bond acceptors (Lipinski definition) is 4. The van der Waals surface area contributed by atoms with Crippen molar-refractivity contribution in [3.8, 4) is 0 Å². The molecule has 3 heterocycles. The second-order valence-electron chi connectivity index (χ2n) is 8.09. The first kappa shape index (κ1) is 21.4. The number of piperidine rings is 1. The Morgan fingerprint density at radius 3 is 2.60 bits per heavy atom. The maximum absolute atomic E-state index is 13.2. The molecule has 1 saturated heterocycles. The molecule has 7 heteroatoms. The first-order chi connectivity index (χ1) is 14.6. The van der Waals surface area contributed by atoms with E-state index in [9.17, 15) is 4.79 Å². The van der Waals surface area contributed by atoms with E-state index in [4.69, 9.17) is 23.2 Å². The largest absolute Gasteiger partial charge is 0.340 e. The number of hydrogen-bond donors (Lipinski definition) is 1. The Morgan fingerprint density at radius 2 is 1.80 bits per heavy atom. The molecular formula is C23H28Cl2N4O. The number of carbonyl (C=O) groups is 1. The summed E-state index contributed by atoms with van der Waals surface area (Å²) >= 11 is 12.2. The zero-order valence-corrected chi connectivity index (χ0v) is 18.7. The van der Waals surface area contributed by atoms with Crippen LogP contribution in [0.3, 0.4) is 0 Å². The Hall–Kier alpha value is -1.82. The number of nitrogens with one attached hydrogen (secondary N) is 1. The lowest BCUT2D eigenvalue weighted by Gasteiger charge is -2.28. The molecule has 0 atom stereocenters. The summed E-state index contributed by atoms with van der Waals surface area (Å²) in [5.41, 5.74) is 2.54. The van der Waals surface area contributed by atoms with Crippen LogP contribution in [-0.4, -0.2) is 53.4 Å². The standard InChI is InChI=1S/C23H28Cl2N4O/c24-20-8-7-17(16-21(20)25)27-22-18-6-4-14-29(23(30)19(18)9-10-26-22)15-5-13-28-11-2-1-3-12-28/h7-10,16H,1-6,11-15H2,(H,26,27). The van der Waals surface area contributed by atoms with Crippen molar-refractivity contribution in [1.29, 1.82) is 0 Å². The van der Waals surface area contributed by atoms with Gasteiger partial charge in [0.15, 0.2) is 0 Å². The third kappa shape index (κ3) is 5.08. The van der Waals surface area contributed by atoms with Gasteiger partial charge in [0.1, 0.15) is 5.82 Å². The maximum atomic E-state index is 13.2. The average Bonchev–Trinajstić information content (AvgIpc) is 2.91. The maximum Gasteiger partial charge on any atom is 0.254 e. The molecule has 160 valence electrons. The molecule has 1 N–H and O–H groups in total. The van der Waals surface area contributed by atoms with Crippen molar-refractivity contribution < 1.29 is 4.79 Å². The summed E-state index contributed by atoms with van der Waals surface area (Å²) in [5, 5.41) is 4.32. The highest BCUT2D eigenvalue weighted by molar-refractivity contribution is 6.42. The van der Waals surface area contributed by atoms with Crippen LogP contribution >= 0.6 is 23.2 Å². The molecule has 0 aliphatic carbocycles. The van der Waals surface area contributed by atoms with Crippen molar-refractivity contribution in [2.45, 2.75) is 38.5 Å². The van der Waals surface area contributed by atoms with Crippen LogP contribution in [0.1, 0.15) is 48.0 Å². The molecule has 5 nitrogen and oxygen atoms in total. The first-order valence-electron chi connectivity index (χ1n) is 10.8. The third-order valence-corrected chi connectivity index (χ3v) is 6.70. The minimum atomic E-state index is 0.112. The summed E-state index contributed by atoms with van der Waals surface area (Å²) in [6.45, 7) is 5.09. The molecule has 0 spiro atoms. The predicted molar refractivity (Wildman–Crippen MR) is 123 cm³/mol. The van der Waals surface area contributed by atoms with Crippen molar-refractivity contribution >= 4 is 40.6 Å². The normalized spacial score (nSPS) is 17.5. The van der Waals surface area contributed by atoms with Crippen LogP contribution < -0.4 is 5.32 Å². The highest BCUT2D eigenvalue weighted by atomic mass is 35.5. The van der Waals surface area contributed by atoms with Crippen LogP contribution in [0.15, 0.2) is 30.5 Å². The highest BCUT2D eigenvalue weighted by Crippen LogP contribution is 2.30. The van der Waals surface area contributed by atoms with Gasteiger partial charge in [-0.15, -0.1) is 0 Å². The van der Waals surface area contributed by atoms with E-state index in [2.05, 4.69) is 15.2 Å². The van der Waals surface area contributed by atoms with Gasteiger partial charge in [-0.1, -0.05) is 29.6 Å². The van der Waals surface area contributed by atoms with Gasteiger partial charge in [0.25, 0.3) is 5.91 Å². The summed E-state index contributed by atoms with van der Waals surface area (Å²) in [6.07, 6.45) is 8.44. The lowest BCUT2D eigenvalue weighted by Crippen LogP contribution is -2.36. The number of benzene rings is 1. The van der Waals surface area contributed by atoms with Gasteiger partial charge in [0.05, 0.1) is 10.0 Å². The number of likely N-dealkylation sites (tertiary alicyclic amines) is 1. The molecule has 0 radical (unpaired) electrons. The summed E-state index contributed by atoms with van der Waals surface area (Å²) < 4.78 is 0. The monoisotopic (exact) mass is 446 g/mol. The second kappa shape index (κ2) is 9.99. The lowest BCUT2D eigenvalue weighted by molar-refractivity contribution is 0.0751. The molecule has 4 rings (SSSR count). The number of nitrogens with zero attached hydrogens (tertiary/aromatic N) is 3. The topological polar surface area (TPSA) is 48.5 Å². The molecule has 1 amide bonds. The molecule has 1 aromatic carbocycles. The van der Waals surface area contributed by atoms with Crippen LogP contribution in [0.5, 0.6) is 0 Å². The Labute approximate surface area is 188 Å². The van der Waals surface area contributed by atoms with E-state index in [1.54, 1.807) is 18.3 Å². The zero-order valence-electron chi connectivity index (χ0n) is 17.2. The van der Waals surface area contributed by atoms with Crippen LogP contribution in [0.2, 0.25) is 10.0 Å². The zero-order chi connectivity index (χ0) is 20.9. The number of amides is 1. The summed E-state index contributed by atoms with van der Waals surface area (Å²) in [7, 11) is 0. The highest BCUT2D eigenvalue weighted by Gasteiger charge is 2.25. The van der Waals surface area contributed by atoms with Crippen molar-refractivity contribution in [1.82, 2.24) is 14.8 Å². The van der Waals surface area contributed by atoms with E-state index in [1.807, 2.05) is 17.0 Å². The van der Waals surface area contributed by atoms with Gasteiger partial charge in [-0.3, -0.25) is 4.79 Å². The number of aromatic nitrogens is 1. The quantitative estimate of drug-likeness (QED) is 0.645. The molecule has 0 bridgehead atoms. The van der Waals surface area contributed by atoms with E-state index in [0.29, 0.717) is 10.0 Å². The Balaban J connectivity index is 1.45. The van der Waals surface area contributed by atoms with Crippen molar-refractivity contribution in [3.05, 3.63) is 51.6 Å². The molecule has 30 heavy (non-hydrogen) atoms. The number of pyridine rings is 1. The van der Waals surface area contributed by atoms with Gasteiger partial charge in [0, 0.05) is 36.1 Å². The molecule has 1 aromatic heterocycles. The van der Waals surface area contributed by atoms with Crippen molar-refractivity contribution in [3.63, 3.8) is 0 Å². The van der Waals surface area contributed by atoms with E-state index >= 15 is 0 Å². The molecule has 0 saturated carbocycles. The predicted octanol–water partition coefficient (Wildman–Crippen LogP) is 5.40. The fourth-order valence-corrected chi connectivity index (χ4v) is 4.66. The van der Waals surface area contributed by atoms with Gasteiger partial charge in [0.2, 0.25) is 0 Å². The molecular weight excluding hydrogens is 419 g/mol. The fourth-order valence-electron chi connectivity index (χ4n) is 4.36. The first-order valence-corrected chi connectivity index (χ1v) is 11.6. The van der Waals surface area contributed by atoms with E-state index in [1.165, 1.54) is 32.4 Å². The number of anilines is 2. The minimum Gasteiger partial charge on any atom is -0.340 e. The van der Waals surface area contributed by atoms with Gasteiger partial charge in [-0.05, 0) is 76.0 Å². The lowest BCUT2D eigenvalue weighted by atomic mass is 10.0. The molecule has 0 unspecified atom stereocenters. The van der Waals surface area contributed by atoms with Gasteiger partial charge in [-0.2, -0.15) is 0 Å². The van der Waals surface area contributed by atoms with E-state index in [-0.39, 0.29) is 5.91 Å². The smallest absolute Gasteiger partial charge is 0.254 e. The molecule has 2 aliphatic rings. The number of carbonyl (C=O) groups excluding carboxylic acids is 1. The summed E-state index contributed by atoms with van der Waals surface area (Å²) in [5.74, 6) is 0.829. The minimum absolute atomic E-state index is 0.112. The molecule has 2 aliphatic heterocycles. The number of rotatable bonds is 6. The van der Waals surface area contributed by atoms with Crippen LogP contribution in [-0.2, 0) is 6.42 Å².